The molecule has 8 heteroatoms. The zero-order valence-corrected chi connectivity index (χ0v) is 18.9. The zero-order valence-electron chi connectivity index (χ0n) is 17.3. The third kappa shape index (κ3) is 4.36. The highest BCUT2D eigenvalue weighted by atomic mass is 79.9. The van der Waals surface area contributed by atoms with E-state index < -0.39 is 11.7 Å². The minimum Gasteiger partial charge on any atom is -0.497 e. The molecule has 0 bridgehead atoms. The molecule has 4 rings (SSSR count). The number of anilines is 1. The molecule has 3 aromatic carbocycles. The Morgan fingerprint density at radius 1 is 1.03 bits per heavy atom. The van der Waals surface area contributed by atoms with Crippen LogP contribution in [-0.4, -0.2) is 29.9 Å². The fourth-order valence-electron chi connectivity index (χ4n) is 3.23. The Balaban J connectivity index is 1.82. The maximum Gasteiger partial charge on any atom is 0.259 e. The molecule has 32 heavy (non-hydrogen) atoms. The van der Waals surface area contributed by atoms with Crippen molar-refractivity contribution in [2.75, 3.05) is 19.5 Å². The van der Waals surface area contributed by atoms with Gasteiger partial charge in [0.05, 0.1) is 31.2 Å². The van der Waals surface area contributed by atoms with Crippen LogP contribution < -0.4 is 14.8 Å². The molecule has 0 saturated heterocycles. The Hall–Kier alpha value is -3.65. The first-order valence-electron chi connectivity index (χ1n) is 9.64. The number of ether oxygens (including phenoxy) is 2. The van der Waals surface area contributed by atoms with E-state index in [9.17, 15) is 9.18 Å². The summed E-state index contributed by atoms with van der Waals surface area (Å²) in [6.45, 7) is 0. The molecule has 1 heterocycles. The molecule has 0 aliphatic carbocycles. The first kappa shape index (κ1) is 21.6. The Morgan fingerprint density at radius 3 is 2.50 bits per heavy atom. The summed E-state index contributed by atoms with van der Waals surface area (Å²) in [5, 5.41) is 7.28. The fraction of sp³-hybridized carbons (Fsp3) is 0.0833. The van der Waals surface area contributed by atoms with Crippen molar-refractivity contribution in [2.24, 2.45) is 0 Å². The predicted molar refractivity (Wildman–Crippen MR) is 124 cm³/mol. The minimum atomic E-state index is -0.549. The lowest BCUT2D eigenvalue weighted by molar-refractivity contribution is 0.102. The van der Waals surface area contributed by atoms with Crippen LogP contribution in [0, 0.1) is 5.82 Å². The van der Waals surface area contributed by atoms with E-state index >= 15 is 0 Å². The Kier molecular flexibility index (Phi) is 6.23. The number of aromatic nitrogens is 2. The summed E-state index contributed by atoms with van der Waals surface area (Å²) < 4.78 is 27.3. The van der Waals surface area contributed by atoms with Crippen LogP contribution in [0.3, 0.4) is 0 Å². The van der Waals surface area contributed by atoms with Gasteiger partial charge in [0.25, 0.3) is 5.91 Å². The highest BCUT2D eigenvalue weighted by molar-refractivity contribution is 9.10. The van der Waals surface area contributed by atoms with Gasteiger partial charge in [0.2, 0.25) is 0 Å². The van der Waals surface area contributed by atoms with Gasteiger partial charge in [-0.25, -0.2) is 9.07 Å². The molecule has 0 radical (unpaired) electrons. The first-order chi connectivity index (χ1) is 15.5. The van der Waals surface area contributed by atoms with Crippen LogP contribution in [0.5, 0.6) is 11.5 Å². The summed E-state index contributed by atoms with van der Waals surface area (Å²) in [4.78, 5) is 13.2. The standard InChI is InChI=1S/C24H19BrFN3O3/c1-31-17-9-10-18(22(13-17)32-2)23-19(14-29(28-23)16-6-4-3-5-7-16)24(30)27-21-11-8-15(25)12-20(21)26/h3-14H,1-2H3,(H,27,30). The molecule has 6 nitrogen and oxygen atoms in total. The minimum absolute atomic E-state index is 0.0679. The van der Waals surface area contributed by atoms with Crippen LogP contribution in [-0.2, 0) is 0 Å². The van der Waals surface area contributed by atoms with Gasteiger partial charge in [0, 0.05) is 22.3 Å². The molecule has 1 amide bonds. The largest absolute Gasteiger partial charge is 0.497 e. The van der Waals surface area contributed by atoms with Crippen molar-refractivity contribution < 1.29 is 18.7 Å². The van der Waals surface area contributed by atoms with Gasteiger partial charge in [-0.2, -0.15) is 5.10 Å². The van der Waals surface area contributed by atoms with Gasteiger partial charge in [-0.1, -0.05) is 34.1 Å². The summed E-state index contributed by atoms with van der Waals surface area (Å²) in [5.41, 5.74) is 2.10. The lowest BCUT2D eigenvalue weighted by Gasteiger charge is -2.11. The highest BCUT2D eigenvalue weighted by Crippen LogP contribution is 2.35. The number of hydrogen-bond acceptors (Lipinski definition) is 4. The topological polar surface area (TPSA) is 65.4 Å². The second kappa shape index (κ2) is 9.23. The van der Waals surface area contributed by atoms with Gasteiger partial charge in [0.15, 0.2) is 0 Å². The van der Waals surface area contributed by atoms with Crippen molar-refractivity contribution in [3.8, 4) is 28.4 Å². The molecular formula is C24H19BrFN3O3. The molecule has 0 aliphatic rings. The van der Waals surface area contributed by atoms with Crippen LogP contribution >= 0.6 is 15.9 Å². The lowest BCUT2D eigenvalue weighted by Crippen LogP contribution is -2.13. The normalized spacial score (nSPS) is 10.6. The van der Waals surface area contributed by atoms with E-state index in [4.69, 9.17) is 9.47 Å². The number of benzene rings is 3. The number of rotatable bonds is 6. The summed E-state index contributed by atoms with van der Waals surface area (Å²) in [6.07, 6.45) is 1.61. The van der Waals surface area contributed by atoms with Crippen molar-refractivity contribution in [2.45, 2.75) is 0 Å². The molecule has 0 saturated carbocycles. The van der Waals surface area contributed by atoms with E-state index in [1.165, 1.54) is 19.2 Å². The summed E-state index contributed by atoms with van der Waals surface area (Å²) in [5.74, 6) is 0.0515. The fourth-order valence-corrected chi connectivity index (χ4v) is 3.56. The number of nitrogens with one attached hydrogen (secondary N) is 1. The van der Waals surface area contributed by atoms with E-state index in [-0.39, 0.29) is 11.3 Å². The number of methoxy groups -OCH3 is 2. The van der Waals surface area contributed by atoms with Crippen molar-refractivity contribution in [1.82, 2.24) is 9.78 Å². The van der Waals surface area contributed by atoms with Crippen LogP contribution in [0.4, 0.5) is 10.1 Å². The lowest BCUT2D eigenvalue weighted by atomic mass is 10.1. The highest BCUT2D eigenvalue weighted by Gasteiger charge is 2.22. The van der Waals surface area contributed by atoms with Crippen LogP contribution in [0.2, 0.25) is 0 Å². The van der Waals surface area contributed by atoms with E-state index in [0.29, 0.717) is 27.2 Å². The molecule has 0 unspecified atom stereocenters. The summed E-state index contributed by atoms with van der Waals surface area (Å²) in [6, 6.07) is 19.1. The van der Waals surface area contributed by atoms with Gasteiger partial charge in [-0.05, 0) is 42.5 Å². The Morgan fingerprint density at radius 2 is 1.81 bits per heavy atom. The van der Waals surface area contributed by atoms with Gasteiger partial charge in [-0.15, -0.1) is 0 Å². The molecule has 0 spiro atoms. The maximum absolute atomic E-state index is 14.3. The van der Waals surface area contributed by atoms with Crippen molar-refractivity contribution >= 4 is 27.5 Å². The zero-order chi connectivity index (χ0) is 22.7. The average Bonchev–Trinajstić information content (AvgIpc) is 3.26. The van der Waals surface area contributed by atoms with Crippen LogP contribution in [0.1, 0.15) is 10.4 Å². The Labute approximate surface area is 192 Å². The molecule has 1 N–H and O–H groups in total. The predicted octanol–water partition coefficient (Wildman–Crippen LogP) is 5.71. The maximum atomic E-state index is 14.3. The number of carbonyl (C=O) groups is 1. The van der Waals surface area contributed by atoms with Gasteiger partial charge < -0.3 is 14.8 Å². The quantitative estimate of drug-likeness (QED) is 0.372. The number of amides is 1. The number of hydrogen-bond donors (Lipinski definition) is 1. The second-order valence-electron chi connectivity index (χ2n) is 6.82. The smallest absolute Gasteiger partial charge is 0.259 e. The monoisotopic (exact) mass is 495 g/mol. The van der Waals surface area contributed by atoms with Crippen molar-refractivity contribution in [3.05, 3.63) is 88.8 Å². The first-order valence-corrected chi connectivity index (χ1v) is 10.4. The Bertz CT molecular complexity index is 1270. The molecule has 162 valence electrons. The second-order valence-corrected chi connectivity index (χ2v) is 7.73. The summed E-state index contributed by atoms with van der Waals surface area (Å²) >= 11 is 3.22. The van der Waals surface area contributed by atoms with E-state index in [1.54, 1.807) is 42.3 Å². The van der Waals surface area contributed by atoms with Gasteiger partial charge in [0.1, 0.15) is 23.0 Å². The molecular weight excluding hydrogens is 477 g/mol. The number of nitrogens with zero attached hydrogens (tertiary/aromatic N) is 2. The van der Waals surface area contributed by atoms with Crippen molar-refractivity contribution in [1.29, 1.82) is 0 Å². The van der Waals surface area contributed by atoms with Crippen molar-refractivity contribution in [3.63, 3.8) is 0 Å². The molecule has 0 atom stereocenters. The van der Waals surface area contributed by atoms with E-state index in [1.807, 2.05) is 30.3 Å². The van der Waals surface area contributed by atoms with E-state index in [0.717, 1.165) is 5.69 Å². The molecule has 0 aliphatic heterocycles. The third-order valence-electron chi connectivity index (χ3n) is 4.82. The van der Waals surface area contributed by atoms with Gasteiger partial charge >= 0.3 is 0 Å². The molecule has 1 aromatic heterocycles. The van der Waals surface area contributed by atoms with E-state index in [2.05, 4.69) is 26.3 Å². The van der Waals surface area contributed by atoms with Gasteiger partial charge in [-0.3, -0.25) is 4.79 Å². The van der Waals surface area contributed by atoms with Crippen LogP contribution in [0.25, 0.3) is 16.9 Å². The molecule has 4 aromatic rings. The number of carbonyl (C=O) groups excluding carboxylic acids is 1. The van der Waals surface area contributed by atoms with Crippen LogP contribution in [0.15, 0.2) is 77.4 Å². The SMILES string of the molecule is COc1ccc(-c2nn(-c3ccccc3)cc2C(=O)Nc2ccc(Br)cc2F)c(OC)c1. The number of para-hydroxylation sites is 1. The third-order valence-corrected chi connectivity index (χ3v) is 5.32. The summed E-state index contributed by atoms with van der Waals surface area (Å²) in [7, 11) is 3.09. The molecule has 0 fully saturated rings. The number of halogens is 2. The average molecular weight is 496 g/mol.